The van der Waals surface area contributed by atoms with Crippen LogP contribution in [0.5, 0.6) is 0 Å². The molecule has 1 fully saturated rings. The first-order valence-electron chi connectivity index (χ1n) is 8.59. The topological polar surface area (TPSA) is 79.3 Å². The Hall–Kier alpha value is -2.90. The molecule has 8 heteroatoms. The second-order valence-electron chi connectivity index (χ2n) is 6.36. The summed E-state index contributed by atoms with van der Waals surface area (Å²) in [5.74, 6) is -0.846. The zero-order valence-electron chi connectivity index (χ0n) is 14.6. The van der Waals surface area contributed by atoms with E-state index in [9.17, 15) is 14.0 Å². The van der Waals surface area contributed by atoms with E-state index in [-0.39, 0.29) is 23.5 Å². The highest BCUT2D eigenvalue weighted by atomic mass is 19.1. The average Bonchev–Trinajstić information content (AvgIpc) is 3.06. The van der Waals surface area contributed by atoms with Crippen molar-refractivity contribution in [3.8, 4) is 0 Å². The fraction of sp³-hybridized carbons (Fsp3) is 0.389. The molecule has 3 amide bonds. The molecule has 1 aromatic heterocycles. The van der Waals surface area contributed by atoms with E-state index in [1.54, 1.807) is 27.9 Å². The van der Waals surface area contributed by atoms with Crippen molar-refractivity contribution in [2.45, 2.75) is 19.4 Å². The maximum absolute atomic E-state index is 13.7. The quantitative estimate of drug-likeness (QED) is 0.878. The Morgan fingerprint density at radius 2 is 2.12 bits per heavy atom. The van der Waals surface area contributed by atoms with Crippen LogP contribution in [0.3, 0.4) is 0 Å². The number of halogens is 1. The third kappa shape index (κ3) is 4.19. The van der Waals surface area contributed by atoms with Gasteiger partial charge in [0.1, 0.15) is 5.82 Å². The Labute approximate surface area is 151 Å². The molecule has 1 saturated heterocycles. The first-order valence-corrected chi connectivity index (χ1v) is 8.59. The van der Waals surface area contributed by atoms with Crippen LogP contribution in [0.4, 0.5) is 14.9 Å². The van der Waals surface area contributed by atoms with Crippen molar-refractivity contribution in [1.29, 1.82) is 0 Å². The SMILES string of the molecule is Cn1nccc1CNC(=O)C1CCCN(C(=O)Nc2ccccc2F)C1. The molecule has 0 radical (unpaired) electrons. The van der Waals surface area contributed by atoms with Gasteiger partial charge in [0.15, 0.2) is 0 Å². The van der Waals surface area contributed by atoms with Crippen molar-refractivity contribution < 1.29 is 14.0 Å². The molecule has 0 spiro atoms. The Balaban J connectivity index is 1.54. The lowest BCUT2D eigenvalue weighted by Gasteiger charge is -2.32. The summed E-state index contributed by atoms with van der Waals surface area (Å²) in [7, 11) is 1.82. The number of hydrogen-bond acceptors (Lipinski definition) is 3. The number of rotatable bonds is 4. The van der Waals surface area contributed by atoms with Crippen LogP contribution in [0.2, 0.25) is 0 Å². The predicted molar refractivity (Wildman–Crippen MR) is 94.8 cm³/mol. The molecule has 7 nitrogen and oxygen atoms in total. The van der Waals surface area contributed by atoms with Gasteiger partial charge < -0.3 is 15.5 Å². The monoisotopic (exact) mass is 359 g/mol. The lowest BCUT2D eigenvalue weighted by atomic mass is 9.97. The van der Waals surface area contributed by atoms with Gasteiger partial charge in [-0.2, -0.15) is 5.10 Å². The fourth-order valence-electron chi connectivity index (χ4n) is 3.03. The number of likely N-dealkylation sites (tertiary alicyclic amines) is 1. The molecular formula is C18H22FN5O2. The van der Waals surface area contributed by atoms with Crippen molar-refractivity contribution in [3.63, 3.8) is 0 Å². The average molecular weight is 359 g/mol. The molecule has 0 bridgehead atoms. The van der Waals surface area contributed by atoms with Gasteiger partial charge in [-0.15, -0.1) is 0 Å². The van der Waals surface area contributed by atoms with Gasteiger partial charge in [-0.25, -0.2) is 9.18 Å². The van der Waals surface area contributed by atoms with Crippen LogP contribution in [0.15, 0.2) is 36.5 Å². The number of para-hydroxylation sites is 1. The number of aryl methyl sites for hydroxylation is 1. The second-order valence-corrected chi connectivity index (χ2v) is 6.36. The van der Waals surface area contributed by atoms with Gasteiger partial charge in [-0.3, -0.25) is 9.48 Å². The summed E-state index contributed by atoms with van der Waals surface area (Å²) >= 11 is 0. The van der Waals surface area contributed by atoms with E-state index >= 15 is 0 Å². The maximum Gasteiger partial charge on any atom is 0.321 e. The van der Waals surface area contributed by atoms with Crippen LogP contribution >= 0.6 is 0 Å². The van der Waals surface area contributed by atoms with E-state index < -0.39 is 5.82 Å². The predicted octanol–water partition coefficient (Wildman–Crippen LogP) is 2.12. The lowest BCUT2D eigenvalue weighted by Crippen LogP contribution is -2.46. The molecule has 0 aliphatic carbocycles. The van der Waals surface area contributed by atoms with Crippen LogP contribution in [0, 0.1) is 11.7 Å². The fourth-order valence-corrected chi connectivity index (χ4v) is 3.03. The summed E-state index contributed by atoms with van der Waals surface area (Å²) in [4.78, 5) is 26.4. The number of piperidine rings is 1. The van der Waals surface area contributed by atoms with Crippen molar-refractivity contribution in [2.24, 2.45) is 13.0 Å². The van der Waals surface area contributed by atoms with E-state index in [1.807, 2.05) is 13.1 Å². The van der Waals surface area contributed by atoms with Crippen molar-refractivity contribution in [2.75, 3.05) is 18.4 Å². The van der Waals surface area contributed by atoms with Crippen LogP contribution in [-0.2, 0) is 18.4 Å². The molecular weight excluding hydrogens is 337 g/mol. The van der Waals surface area contributed by atoms with Gasteiger partial charge in [-0.05, 0) is 31.0 Å². The molecule has 3 rings (SSSR count). The molecule has 2 aromatic rings. The zero-order chi connectivity index (χ0) is 18.5. The lowest BCUT2D eigenvalue weighted by molar-refractivity contribution is -0.126. The first-order chi connectivity index (χ1) is 12.5. The number of aromatic nitrogens is 2. The van der Waals surface area contributed by atoms with Gasteiger partial charge in [0.2, 0.25) is 5.91 Å². The number of benzene rings is 1. The summed E-state index contributed by atoms with van der Waals surface area (Å²) in [5.41, 5.74) is 1.04. The highest BCUT2D eigenvalue weighted by Crippen LogP contribution is 2.19. The van der Waals surface area contributed by atoms with Crippen LogP contribution in [-0.4, -0.2) is 39.7 Å². The number of urea groups is 1. The van der Waals surface area contributed by atoms with E-state index in [2.05, 4.69) is 15.7 Å². The minimum atomic E-state index is -0.483. The number of hydrogen-bond donors (Lipinski definition) is 2. The van der Waals surface area contributed by atoms with E-state index in [0.29, 0.717) is 19.6 Å². The number of carbonyl (C=O) groups excluding carboxylic acids is 2. The smallest absolute Gasteiger partial charge is 0.321 e. The van der Waals surface area contributed by atoms with E-state index in [4.69, 9.17) is 0 Å². The molecule has 1 aliphatic rings. The first kappa shape index (κ1) is 17.9. The van der Waals surface area contributed by atoms with Gasteiger partial charge in [0.25, 0.3) is 0 Å². The van der Waals surface area contributed by atoms with E-state index in [0.717, 1.165) is 18.5 Å². The van der Waals surface area contributed by atoms with Gasteiger partial charge in [0, 0.05) is 26.3 Å². The molecule has 1 unspecified atom stereocenters. The van der Waals surface area contributed by atoms with E-state index in [1.165, 1.54) is 12.1 Å². The Bertz CT molecular complexity index is 791. The summed E-state index contributed by atoms with van der Waals surface area (Å²) in [6, 6.07) is 7.47. The number of amides is 3. The second kappa shape index (κ2) is 7.99. The van der Waals surface area contributed by atoms with Crippen LogP contribution < -0.4 is 10.6 Å². The van der Waals surface area contributed by atoms with Crippen molar-refractivity contribution in [3.05, 3.63) is 48.0 Å². The molecule has 1 aromatic carbocycles. The van der Waals surface area contributed by atoms with Gasteiger partial charge in [0.05, 0.1) is 23.8 Å². The highest BCUT2D eigenvalue weighted by Gasteiger charge is 2.28. The van der Waals surface area contributed by atoms with Crippen LogP contribution in [0.25, 0.3) is 0 Å². The van der Waals surface area contributed by atoms with Crippen molar-refractivity contribution in [1.82, 2.24) is 20.0 Å². The third-order valence-electron chi connectivity index (χ3n) is 4.56. The molecule has 26 heavy (non-hydrogen) atoms. The van der Waals surface area contributed by atoms with Gasteiger partial charge in [-0.1, -0.05) is 12.1 Å². The molecule has 1 aliphatic heterocycles. The Morgan fingerprint density at radius 3 is 2.85 bits per heavy atom. The number of nitrogens with one attached hydrogen (secondary N) is 2. The minimum Gasteiger partial charge on any atom is -0.350 e. The number of nitrogens with zero attached hydrogens (tertiary/aromatic N) is 3. The molecule has 1 atom stereocenters. The molecule has 0 saturated carbocycles. The van der Waals surface area contributed by atoms with Crippen molar-refractivity contribution >= 4 is 17.6 Å². The maximum atomic E-state index is 13.7. The largest absolute Gasteiger partial charge is 0.350 e. The van der Waals surface area contributed by atoms with Gasteiger partial charge >= 0.3 is 6.03 Å². The molecule has 2 N–H and O–H groups in total. The normalized spacial score (nSPS) is 17.0. The Morgan fingerprint density at radius 1 is 1.31 bits per heavy atom. The highest BCUT2D eigenvalue weighted by molar-refractivity contribution is 5.90. The summed E-state index contributed by atoms with van der Waals surface area (Å²) in [6.07, 6.45) is 3.13. The molecule has 138 valence electrons. The summed E-state index contributed by atoms with van der Waals surface area (Å²) in [6.45, 7) is 1.26. The standard InChI is InChI=1S/C18H22FN5O2/c1-23-14(8-9-21-23)11-20-17(25)13-5-4-10-24(12-13)18(26)22-16-7-3-2-6-15(16)19/h2-3,6-9,13H,4-5,10-12H2,1H3,(H,20,25)(H,22,26). The summed E-state index contributed by atoms with van der Waals surface area (Å²) < 4.78 is 15.4. The van der Waals surface area contributed by atoms with Crippen LogP contribution in [0.1, 0.15) is 18.5 Å². The third-order valence-corrected chi connectivity index (χ3v) is 4.56. The number of carbonyl (C=O) groups is 2. The summed E-state index contributed by atoms with van der Waals surface area (Å²) in [5, 5.41) is 9.53. The number of anilines is 1. The minimum absolute atomic E-state index is 0.0883. The Kier molecular flexibility index (Phi) is 5.50. The molecule has 2 heterocycles. The zero-order valence-corrected chi connectivity index (χ0v) is 14.6.